The van der Waals surface area contributed by atoms with E-state index in [0.717, 1.165) is 5.56 Å². The van der Waals surface area contributed by atoms with Crippen molar-refractivity contribution in [3.8, 4) is 0 Å². The summed E-state index contributed by atoms with van der Waals surface area (Å²) in [7, 11) is 0. The van der Waals surface area contributed by atoms with Gasteiger partial charge in [-0.1, -0.05) is 43.6 Å². The number of halogens is 1. The van der Waals surface area contributed by atoms with Gasteiger partial charge in [0.25, 0.3) is 5.91 Å². The van der Waals surface area contributed by atoms with E-state index in [4.69, 9.17) is 17.3 Å². The predicted molar refractivity (Wildman–Crippen MR) is 127 cm³/mol. The smallest absolute Gasteiger partial charge is 0.251 e. The second kappa shape index (κ2) is 9.53. The summed E-state index contributed by atoms with van der Waals surface area (Å²) in [6.07, 6.45) is 0.519. The van der Waals surface area contributed by atoms with E-state index in [-0.39, 0.29) is 23.8 Å². The molecule has 1 aliphatic rings. The second-order valence-corrected chi connectivity index (χ2v) is 9.78. The Labute approximate surface area is 198 Å². The number of rotatable bonds is 6. The van der Waals surface area contributed by atoms with Crippen molar-refractivity contribution in [1.29, 1.82) is 0 Å². The summed E-state index contributed by atoms with van der Waals surface area (Å²) in [4.78, 5) is 38.6. The lowest BCUT2D eigenvalue weighted by molar-refractivity contribution is -0.153. The normalized spacial score (nSPS) is 20.7. The maximum absolute atomic E-state index is 13.0. The molecule has 0 aliphatic carbocycles. The quantitative estimate of drug-likeness (QED) is 0.600. The summed E-state index contributed by atoms with van der Waals surface area (Å²) < 4.78 is 0. The molecular formula is C25H30ClN3O4. The minimum atomic E-state index is -1.08. The first-order chi connectivity index (χ1) is 15.4. The fourth-order valence-electron chi connectivity index (χ4n) is 4.36. The van der Waals surface area contributed by atoms with Crippen molar-refractivity contribution in [3.63, 3.8) is 0 Å². The third-order valence-corrected chi connectivity index (χ3v) is 6.64. The highest BCUT2D eigenvalue weighted by atomic mass is 35.5. The number of aliphatic hydroxyl groups is 1. The van der Waals surface area contributed by atoms with E-state index in [2.05, 4.69) is 5.32 Å². The molecule has 0 radical (unpaired) electrons. The number of nitrogens with zero attached hydrogens (tertiary/aromatic N) is 1. The number of amides is 3. The van der Waals surface area contributed by atoms with Crippen LogP contribution in [0.1, 0.15) is 59.9 Å². The summed E-state index contributed by atoms with van der Waals surface area (Å²) in [5.41, 5.74) is 4.93. The first-order valence-corrected chi connectivity index (χ1v) is 11.3. The fraction of sp³-hybridized carbons (Fsp3) is 0.400. The van der Waals surface area contributed by atoms with Crippen LogP contribution < -0.4 is 11.1 Å². The van der Waals surface area contributed by atoms with Crippen LogP contribution in [0.25, 0.3) is 0 Å². The molecule has 2 aromatic carbocycles. The van der Waals surface area contributed by atoms with Crippen molar-refractivity contribution in [2.45, 2.75) is 45.3 Å². The van der Waals surface area contributed by atoms with E-state index in [1.54, 1.807) is 36.1 Å². The van der Waals surface area contributed by atoms with Crippen molar-refractivity contribution < 1.29 is 19.5 Å². The number of piperidine rings is 1. The lowest BCUT2D eigenvalue weighted by atomic mass is 9.66. The summed E-state index contributed by atoms with van der Waals surface area (Å²) in [5, 5.41) is 14.9. The zero-order valence-corrected chi connectivity index (χ0v) is 19.9. The molecule has 0 saturated carbocycles. The van der Waals surface area contributed by atoms with Gasteiger partial charge in [-0.15, -0.1) is 0 Å². The van der Waals surface area contributed by atoms with Gasteiger partial charge in [-0.2, -0.15) is 0 Å². The number of nitrogens with one attached hydrogen (secondary N) is 1. The number of hydrogen-bond acceptors (Lipinski definition) is 4. The molecule has 0 aromatic heterocycles. The van der Waals surface area contributed by atoms with Gasteiger partial charge in [-0.25, -0.2) is 0 Å². The molecule has 176 valence electrons. The largest absolute Gasteiger partial charge is 0.384 e. The SMILES string of the molecule is C[C@H](CC(=O)N1CC[C@](O)(c2ccc(Cl)cc2)C(C)(C)C1)NC(=O)c1cccc(C(N)=O)c1. The Morgan fingerprint density at radius 1 is 1.15 bits per heavy atom. The van der Waals surface area contributed by atoms with Gasteiger partial charge in [0.1, 0.15) is 0 Å². The van der Waals surface area contributed by atoms with Gasteiger partial charge in [0.2, 0.25) is 11.8 Å². The van der Waals surface area contributed by atoms with Crippen LogP contribution in [0.2, 0.25) is 5.02 Å². The van der Waals surface area contributed by atoms with Gasteiger partial charge >= 0.3 is 0 Å². The zero-order valence-electron chi connectivity index (χ0n) is 19.1. The molecule has 1 saturated heterocycles. The highest BCUT2D eigenvalue weighted by Crippen LogP contribution is 2.46. The monoisotopic (exact) mass is 471 g/mol. The van der Waals surface area contributed by atoms with Gasteiger partial charge in [-0.3, -0.25) is 14.4 Å². The molecule has 2 atom stereocenters. The van der Waals surface area contributed by atoms with Crippen LogP contribution in [0, 0.1) is 5.41 Å². The number of nitrogens with two attached hydrogens (primary N) is 1. The van der Waals surface area contributed by atoms with Crippen LogP contribution >= 0.6 is 11.6 Å². The Hall–Kier alpha value is -2.90. The lowest BCUT2D eigenvalue weighted by Crippen LogP contribution is -2.57. The Kier molecular flexibility index (Phi) is 7.14. The molecule has 1 fully saturated rings. The van der Waals surface area contributed by atoms with Crippen LogP contribution in [0.4, 0.5) is 0 Å². The average molecular weight is 472 g/mol. The van der Waals surface area contributed by atoms with Crippen molar-refractivity contribution >= 4 is 29.3 Å². The third-order valence-electron chi connectivity index (χ3n) is 6.39. The van der Waals surface area contributed by atoms with Crippen LogP contribution in [-0.4, -0.2) is 46.9 Å². The lowest BCUT2D eigenvalue weighted by Gasteiger charge is -2.50. The van der Waals surface area contributed by atoms with Crippen molar-refractivity contribution in [1.82, 2.24) is 10.2 Å². The third kappa shape index (κ3) is 5.37. The first-order valence-electron chi connectivity index (χ1n) is 10.9. The summed E-state index contributed by atoms with van der Waals surface area (Å²) in [5.74, 6) is -1.09. The van der Waals surface area contributed by atoms with E-state index >= 15 is 0 Å². The Bertz CT molecular complexity index is 1050. The van der Waals surface area contributed by atoms with Crippen molar-refractivity contribution in [3.05, 3.63) is 70.2 Å². The molecule has 1 heterocycles. The zero-order chi connectivity index (χ0) is 24.4. The van der Waals surface area contributed by atoms with Gasteiger partial charge in [0, 0.05) is 47.1 Å². The molecule has 0 bridgehead atoms. The molecule has 0 spiro atoms. The first kappa shape index (κ1) is 24.7. The van der Waals surface area contributed by atoms with E-state index < -0.39 is 23.0 Å². The van der Waals surface area contributed by atoms with Crippen LogP contribution in [-0.2, 0) is 10.4 Å². The molecule has 3 rings (SSSR count). The minimum Gasteiger partial charge on any atom is -0.384 e. The molecule has 3 amide bonds. The van der Waals surface area contributed by atoms with E-state index in [9.17, 15) is 19.5 Å². The topological polar surface area (TPSA) is 113 Å². The van der Waals surface area contributed by atoms with Crippen molar-refractivity contribution in [2.24, 2.45) is 11.1 Å². The molecule has 2 aromatic rings. The second-order valence-electron chi connectivity index (χ2n) is 9.34. The van der Waals surface area contributed by atoms with Crippen LogP contribution in [0.5, 0.6) is 0 Å². The summed E-state index contributed by atoms with van der Waals surface area (Å²) in [6, 6.07) is 12.9. The van der Waals surface area contributed by atoms with Crippen LogP contribution in [0.3, 0.4) is 0 Å². The maximum Gasteiger partial charge on any atom is 0.251 e. The number of primary amides is 1. The highest BCUT2D eigenvalue weighted by Gasteiger charge is 2.49. The molecule has 1 aliphatic heterocycles. The predicted octanol–water partition coefficient (Wildman–Crippen LogP) is 3.09. The van der Waals surface area contributed by atoms with E-state index in [0.29, 0.717) is 30.1 Å². The van der Waals surface area contributed by atoms with Gasteiger partial charge < -0.3 is 21.1 Å². The molecular weight excluding hydrogens is 442 g/mol. The Morgan fingerprint density at radius 3 is 2.39 bits per heavy atom. The summed E-state index contributed by atoms with van der Waals surface area (Å²) >= 11 is 5.99. The van der Waals surface area contributed by atoms with Gasteiger partial charge in [0.15, 0.2) is 0 Å². The maximum atomic E-state index is 13.0. The fourth-order valence-corrected chi connectivity index (χ4v) is 4.48. The van der Waals surface area contributed by atoms with Crippen molar-refractivity contribution in [2.75, 3.05) is 13.1 Å². The summed E-state index contributed by atoms with van der Waals surface area (Å²) in [6.45, 7) is 6.43. The van der Waals surface area contributed by atoms with Gasteiger partial charge in [-0.05, 0) is 49.2 Å². The Balaban J connectivity index is 1.62. The van der Waals surface area contributed by atoms with E-state index in [1.165, 1.54) is 12.1 Å². The minimum absolute atomic E-state index is 0.0973. The number of carbonyl (C=O) groups is 3. The van der Waals surface area contributed by atoms with Gasteiger partial charge in [0.05, 0.1) is 5.60 Å². The number of benzene rings is 2. The molecule has 8 heteroatoms. The number of likely N-dealkylation sites (tertiary alicyclic amines) is 1. The average Bonchev–Trinajstić information content (AvgIpc) is 2.75. The number of carbonyl (C=O) groups excluding carboxylic acids is 3. The molecule has 4 N–H and O–H groups in total. The number of hydrogen-bond donors (Lipinski definition) is 3. The Morgan fingerprint density at radius 2 is 1.79 bits per heavy atom. The molecule has 33 heavy (non-hydrogen) atoms. The standard InChI is InChI=1S/C25H30ClN3O4/c1-16(28-23(32)18-6-4-5-17(14-18)22(27)31)13-21(30)29-12-11-25(33,24(2,3)15-29)19-7-9-20(26)10-8-19/h4-10,14,16,33H,11-13,15H2,1-3H3,(H2,27,31)(H,28,32)/t16-,25+/m1/s1. The van der Waals surface area contributed by atoms with Crippen LogP contribution in [0.15, 0.2) is 48.5 Å². The van der Waals surface area contributed by atoms with E-state index in [1.807, 2.05) is 26.0 Å². The molecule has 7 nitrogen and oxygen atoms in total. The molecule has 0 unspecified atom stereocenters. The highest BCUT2D eigenvalue weighted by molar-refractivity contribution is 6.30.